The van der Waals surface area contributed by atoms with Crippen molar-refractivity contribution in [3.05, 3.63) is 188 Å². The molecule has 0 aliphatic carbocycles. The number of hydrogen-bond donors (Lipinski definition) is 0. The lowest BCUT2D eigenvalue weighted by Crippen LogP contribution is -2.12. The second-order valence-electron chi connectivity index (χ2n) is 13.7. The maximum atomic E-state index is 6.35. The molecule has 0 aliphatic rings. The minimum absolute atomic E-state index is 0.883. The van der Waals surface area contributed by atoms with Crippen molar-refractivity contribution in [2.24, 2.45) is 0 Å². The minimum atomic E-state index is 0.883. The number of benzene rings is 9. The second-order valence-corrected chi connectivity index (χ2v) is 14.7. The Labute approximate surface area is 310 Å². The van der Waals surface area contributed by atoms with E-state index in [0.29, 0.717) is 0 Å². The van der Waals surface area contributed by atoms with Crippen LogP contribution in [0, 0.1) is 0 Å². The van der Waals surface area contributed by atoms with Crippen molar-refractivity contribution >= 4 is 92.1 Å². The lowest BCUT2D eigenvalue weighted by molar-refractivity contribution is 0.669. The van der Waals surface area contributed by atoms with E-state index >= 15 is 0 Å². The van der Waals surface area contributed by atoms with Crippen LogP contribution < -0.4 is 4.90 Å². The van der Waals surface area contributed by atoms with Crippen LogP contribution in [0.4, 0.5) is 17.1 Å². The molecule has 0 N–H and O–H groups in total. The summed E-state index contributed by atoms with van der Waals surface area (Å²) in [5.74, 6) is 0. The molecule has 0 saturated heterocycles. The smallest absolute Gasteiger partial charge is 0.135 e. The number of hydrogen-bond acceptors (Lipinski definition) is 3. The van der Waals surface area contributed by atoms with Crippen molar-refractivity contribution in [3.8, 4) is 22.3 Å². The van der Waals surface area contributed by atoms with Gasteiger partial charge in [-0.1, -0.05) is 140 Å². The first-order chi connectivity index (χ1) is 26.3. The fraction of sp³-hybridized carbons (Fsp3) is 0. The van der Waals surface area contributed by atoms with Crippen LogP contribution in [0.1, 0.15) is 0 Å². The maximum absolute atomic E-state index is 6.35. The van der Waals surface area contributed by atoms with Gasteiger partial charge in [-0.3, -0.25) is 0 Å². The number of thiophene rings is 1. The third kappa shape index (κ3) is 4.78. The zero-order valence-electron chi connectivity index (χ0n) is 28.7. The molecule has 2 aromatic heterocycles. The van der Waals surface area contributed by atoms with E-state index in [1.165, 1.54) is 64.0 Å². The zero-order chi connectivity index (χ0) is 34.9. The molecule has 0 fully saturated rings. The standard InChI is InChI=1S/C50H31NOS/c1-2-13-32(14-3-1)33-15-12-16-34(29-33)49-42-21-6-4-17-37(42)38-18-5-7-22-43(38)50(49)51(35-26-28-46-44(30-35)39-19-8-10-23-45(39)52-46)36-25-27-41-40-20-9-11-24-47(40)53-48(41)31-36/h1-31H. The number of rotatable bonds is 5. The summed E-state index contributed by atoms with van der Waals surface area (Å²) in [4.78, 5) is 2.49. The molecule has 11 aromatic rings. The Morgan fingerprint density at radius 1 is 0.340 bits per heavy atom. The third-order valence-corrected chi connectivity index (χ3v) is 11.8. The van der Waals surface area contributed by atoms with Crippen LogP contribution >= 0.6 is 11.3 Å². The van der Waals surface area contributed by atoms with Crippen LogP contribution in [0.3, 0.4) is 0 Å². The van der Waals surface area contributed by atoms with Gasteiger partial charge in [-0.05, 0) is 81.4 Å². The van der Waals surface area contributed by atoms with Gasteiger partial charge in [0.2, 0.25) is 0 Å². The van der Waals surface area contributed by atoms with E-state index in [0.717, 1.165) is 39.0 Å². The second kappa shape index (κ2) is 11.9. The summed E-state index contributed by atoms with van der Waals surface area (Å²) >= 11 is 1.85. The van der Waals surface area contributed by atoms with E-state index in [-0.39, 0.29) is 0 Å². The Morgan fingerprint density at radius 3 is 1.77 bits per heavy atom. The van der Waals surface area contributed by atoms with Crippen LogP contribution in [0.5, 0.6) is 0 Å². The van der Waals surface area contributed by atoms with Gasteiger partial charge in [0.15, 0.2) is 0 Å². The summed E-state index contributed by atoms with van der Waals surface area (Å²) in [6.07, 6.45) is 0. The molecule has 2 heterocycles. The molecule has 0 bridgehead atoms. The van der Waals surface area contributed by atoms with Crippen molar-refractivity contribution < 1.29 is 4.42 Å². The van der Waals surface area contributed by atoms with Gasteiger partial charge in [-0.15, -0.1) is 11.3 Å². The summed E-state index contributed by atoms with van der Waals surface area (Å²) in [6, 6.07) is 68.2. The molecule has 0 aliphatic heterocycles. The van der Waals surface area contributed by atoms with E-state index in [1.807, 2.05) is 17.4 Å². The lowest BCUT2D eigenvalue weighted by atomic mass is 9.89. The highest BCUT2D eigenvalue weighted by atomic mass is 32.1. The molecule has 0 spiro atoms. The van der Waals surface area contributed by atoms with Crippen LogP contribution in [0.15, 0.2) is 192 Å². The predicted molar refractivity (Wildman–Crippen MR) is 227 cm³/mol. The normalized spacial score (nSPS) is 11.8. The Kier molecular flexibility index (Phi) is 6.76. The zero-order valence-corrected chi connectivity index (χ0v) is 29.5. The molecule has 2 nitrogen and oxygen atoms in total. The van der Waals surface area contributed by atoms with E-state index in [2.05, 4.69) is 187 Å². The average Bonchev–Trinajstić information content (AvgIpc) is 3.79. The Hall–Kier alpha value is -6.68. The highest BCUT2D eigenvalue weighted by Crippen LogP contribution is 2.51. The van der Waals surface area contributed by atoms with Gasteiger partial charge in [-0.2, -0.15) is 0 Å². The molecular formula is C50H31NOS. The SMILES string of the molecule is c1ccc(-c2cccc(-c3c(N(c4ccc5c(c4)sc4ccccc45)c4ccc5oc6ccccc6c5c4)c4ccccc4c4ccccc34)c2)cc1. The maximum Gasteiger partial charge on any atom is 0.135 e. The van der Waals surface area contributed by atoms with Gasteiger partial charge in [0, 0.05) is 53.3 Å². The fourth-order valence-corrected chi connectivity index (χ4v) is 9.39. The van der Waals surface area contributed by atoms with E-state index in [9.17, 15) is 0 Å². The summed E-state index contributed by atoms with van der Waals surface area (Å²) in [5.41, 5.74) is 9.87. The van der Waals surface area contributed by atoms with Crippen molar-refractivity contribution in [1.29, 1.82) is 0 Å². The van der Waals surface area contributed by atoms with Gasteiger partial charge < -0.3 is 9.32 Å². The van der Waals surface area contributed by atoms with Gasteiger partial charge in [0.05, 0.1) is 5.69 Å². The van der Waals surface area contributed by atoms with Gasteiger partial charge in [-0.25, -0.2) is 0 Å². The van der Waals surface area contributed by atoms with Crippen molar-refractivity contribution in [1.82, 2.24) is 0 Å². The minimum Gasteiger partial charge on any atom is -0.456 e. The van der Waals surface area contributed by atoms with Crippen molar-refractivity contribution in [2.45, 2.75) is 0 Å². The number of fused-ring (bicyclic) bond motifs is 9. The van der Waals surface area contributed by atoms with Crippen LogP contribution in [-0.4, -0.2) is 0 Å². The molecule has 0 amide bonds. The highest BCUT2D eigenvalue weighted by molar-refractivity contribution is 7.25. The Balaban J connectivity index is 1.28. The molecule has 11 rings (SSSR count). The fourth-order valence-electron chi connectivity index (χ4n) is 8.25. The summed E-state index contributed by atoms with van der Waals surface area (Å²) in [7, 11) is 0. The first-order valence-corrected chi connectivity index (χ1v) is 18.8. The summed E-state index contributed by atoms with van der Waals surface area (Å²) in [6.45, 7) is 0. The first kappa shape index (κ1) is 30.0. The van der Waals surface area contributed by atoms with E-state index in [4.69, 9.17) is 4.42 Å². The van der Waals surface area contributed by atoms with Crippen LogP contribution in [-0.2, 0) is 0 Å². The van der Waals surface area contributed by atoms with Crippen LogP contribution in [0.2, 0.25) is 0 Å². The predicted octanol–water partition coefficient (Wildman–Crippen LogP) is 15.1. The highest BCUT2D eigenvalue weighted by Gasteiger charge is 2.25. The largest absolute Gasteiger partial charge is 0.456 e. The number of furan rings is 1. The first-order valence-electron chi connectivity index (χ1n) is 18.0. The van der Waals surface area contributed by atoms with Gasteiger partial charge >= 0.3 is 0 Å². The Morgan fingerprint density at radius 2 is 0.925 bits per heavy atom. The average molecular weight is 694 g/mol. The van der Waals surface area contributed by atoms with Crippen molar-refractivity contribution in [2.75, 3.05) is 4.90 Å². The molecule has 0 atom stereocenters. The van der Waals surface area contributed by atoms with Crippen LogP contribution in [0.25, 0.3) is 85.9 Å². The number of nitrogens with zero attached hydrogens (tertiary/aromatic N) is 1. The number of anilines is 3. The quantitative estimate of drug-likeness (QED) is 0.167. The molecule has 0 radical (unpaired) electrons. The lowest BCUT2D eigenvalue weighted by Gasteiger charge is -2.31. The molecule has 9 aromatic carbocycles. The molecular weight excluding hydrogens is 663 g/mol. The summed E-state index contributed by atoms with van der Waals surface area (Å²) in [5, 5.41) is 9.67. The molecule has 0 saturated carbocycles. The van der Waals surface area contributed by atoms with Gasteiger partial charge in [0.25, 0.3) is 0 Å². The monoisotopic (exact) mass is 693 g/mol. The third-order valence-electron chi connectivity index (χ3n) is 10.6. The topological polar surface area (TPSA) is 16.4 Å². The van der Waals surface area contributed by atoms with E-state index < -0.39 is 0 Å². The molecule has 3 heteroatoms. The number of para-hydroxylation sites is 1. The van der Waals surface area contributed by atoms with Gasteiger partial charge in [0.1, 0.15) is 11.2 Å². The van der Waals surface area contributed by atoms with E-state index in [1.54, 1.807) is 0 Å². The summed E-state index contributed by atoms with van der Waals surface area (Å²) < 4.78 is 8.91. The molecule has 0 unspecified atom stereocenters. The Bertz CT molecular complexity index is 3190. The molecule has 248 valence electrons. The molecule has 53 heavy (non-hydrogen) atoms. The van der Waals surface area contributed by atoms with Crippen molar-refractivity contribution in [3.63, 3.8) is 0 Å².